The average molecular weight is 422 g/mol. The van der Waals surface area contributed by atoms with Gasteiger partial charge in [-0.2, -0.15) is 0 Å². The lowest BCUT2D eigenvalue weighted by Gasteiger charge is -2.33. The summed E-state index contributed by atoms with van der Waals surface area (Å²) in [6.07, 6.45) is -0.0233. The summed E-state index contributed by atoms with van der Waals surface area (Å²) in [5.74, 6) is 0.556. The Kier molecular flexibility index (Phi) is 7.18. The van der Waals surface area contributed by atoms with Crippen LogP contribution in [0.3, 0.4) is 0 Å². The number of anilines is 1. The maximum absolute atomic E-state index is 12.3. The van der Waals surface area contributed by atoms with Crippen LogP contribution in [0.25, 0.3) is 10.9 Å². The van der Waals surface area contributed by atoms with Gasteiger partial charge in [-0.15, -0.1) is 0 Å². The van der Waals surface area contributed by atoms with E-state index < -0.39 is 12.0 Å². The Bertz CT molecular complexity index is 894. The molecule has 29 heavy (non-hydrogen) atoms. The number of fused-ring (bicyclic) bond motifs is 1. The molecule has 2 N–H and O–H groups in total. The molecule has 0 bridgehead atoms. The van der Waals surface area contributed by atoms with E-state index in [2.05, 4.69) is 20.6 Å². The fourth-order valence-electron chi connectivity index (χ4n) is 3.22. The van der Waals surface area contributed by atoms with Crippen LogP contribution in [0.15, 0.2) is 18.2 Å². The van der Waals surface area contributed by atoms with Gasteiger partial charge in [0.05, 0.1) is 32.2 Å². The highest BCUT2D eigenvalue weighted by Gasteiger charge is 2.32. The van der Waals surface area contributed by atoms with Crippen molar-refractivity contribution >= 4 is 40.2 Å². The van der Waals surface area contributed by atoms with Crippen LogP contribution >= 0.6 is 11.6 Å². The van der Waals surface area contributed by atoms with Gasteiger partial charge < -0.3 is 20.1 Å². The van der Waals surface area contributed by atoms with E-state index in [4.69, 9.17) is 21.1 Å². The number of esters is 1. The van der Waals surface area contributed by atoms with E-state index in [9.17, 15) is 9.59 Å². The van der Waals surface area contributed by atoms with Crippen molar-refractivity contribution in [2.24, 2.45) is 0 Å². The molecule has 2 heterocycles. The van der Waals surface area contributed by atoms with Crippen LogP contribution in [-0.2, 0) is 25.6 Å². The molecule has 1 fully saturated rings. The van der Waals surface area contributed by atoms with Crippen LogP contribution in [0.2, 0.25) is 5.02 Å². The summed E-state index contributed by atoms with van der Waals surface area (Å²) in [7, 11) is 2.94. The second-order valence-corrected chi connectivity index (χ2v) is 7.06. The van der Waals surface area contributed by atoms with Crippen molar-refractivity contribution in [1.29, 1.82) is 0 Å². The molecular weight excluding hydrogens is 398 g/mol. The Balaban J connectivity index is 1.88. The number of hydrogen-bond donors (Lipinski definition) is 2. The van der Waals surface area contributed by atoms with Crippen LogP contribution in [0.5, 0.6) is 0 Å². The maximum atomic E-state index is 12.3. The Morgan fingerprint density at radius 1 is 1.38 bits per heavy atom. The number of halogens is 1. The summed E-state index contributed by atoms with van der Waals surface area (Å²) in [5.41, 5.74) is 0.741. The Labute approximate surface area is 173 Å². The van der Waals surface area contributed by atoms with Crippen molar-refractivity contribution in [2.75, 3.05) is 45.8 Å². The fraction of sp³-hybridized carbons (Fsp3) is 0.474. The molecule has 1 amide bonds. The Morgan fingerprint density at radius 2 is 2.21 bits per heavy atom. The number of piperazine rings is 1. The van der Waals surface area contributed by atoms with E-state index in [1.165, 1.54) is 7.11 Å². The van der Waals surface area contributed by atoms with Gasteiger partial charge in [0.15, 0.2) is 0 Å². The molecule has 0 aliphatic carbocycles. The molecule has 1 atom stereocenters. The Hall–Kier alpha value is -2.49. The molecule has 1 saturated heterocycles. The summed E-state index contributed by atoms with van der Waals surface area (Å²) in [6.45, 7) is 2.51. The molecule has 9 nitrogen and oxygen atoms in total. The molecular formula is C19H24ClN5O4. The number of carbonyl (C=O) groups excluding carboxylic acids is 2. The first-order valence-corrected chi connectivity index (χ1v) is 9.67. The summed E-state index contributed by atoms with van der Waals surface area (Å²) in [5, 5.41) is 7.43. The number of aromatic nitrogens is 2. The van der Waals surface area contributed by atoms with Crippen LogP contribution in [-0.4, -0.2) is 73.2 Å². The highest BCUT2D eigenvalue weighted by atomic mass is 35.5. The van der Waals surface area contributed by atoms with Crippen molar-refractivity contribution in [1.82, 2.24) is 20.2 Å². The molecule has 1 aromatic carbocycles. The van der Waals surface area contributed by atoms with E-state index >= 15 is 0 Å². The summed E-state index contributed by atoms with van der Waals surface area (Å²) in [4.78, 5) is 35.2. The van der Waals surface area contributed by atoms with Crippen molar-refractivity contribution in [3.63, 3.8) is 0 Å². The molecule has 156 valence electrons. The first-order valence-electron chi connectivity index (χ1n) is 9.29. The molecule has 0 saturated carbocycles. The number of amides is 1. The minimum atomic E-state index is -0.620. The highest BCUT2D eigenvalue weighted by molar-refractivity contribution is 6.31. The lowest BCUT2D eigenvalue weighted by Crippen LogP contribution is -2.55. The minimum absolute atomic E-state index is 0.0233. The number of carbonyl (C=O) groups is 2. The number of nitrogens with one attached hydrogen (secondary N) is 2. The third-order valence-corrected chi connectivity index (χ3v) is 4.91. The van der Waals surface area contributed by atoms with Crippen LogP contribution in [0.4, 0.5) is 5.82 Å². The maximum Gasteiger partial charge on any atom is 0.307 e. The van der Waals surface area contributed by atoms with Gasteiger partial charge in [0, 0.05) is 37.2 Å². The van der Waals surface area contributed by atoms with Crippen LogP contribution < -0.4 is 10.6 Å². The van der Waals surface area contributed by atoms with E-state index in [-0.39, 0.29) is 12.3 Å². The summed E-state index contributed by atoms with van der Waals surface area (Å²) < 4.78 is 9.83. The molecule has 0 radical (unpaired) electrons. The summed E-state index contributed by atoms with van der Waals surface area (Å²) >= 11 is 6.14. The molecule has 1 aliphatic rings. The number of methoxy groups -OCH3 is 2. The highest BCUT2D eigenvalue weighted by Crippen LogP contribution is 2.25. The molecule has 10 heteroatoms. The molecule has 1 aliphatic heterocycles. The molecule has 2 aromatic rings. The smallest absolute Gasteiger partial charge is 0.307 e. The zero-order chi connectivity index (χ0) is 20.8. The van der Waals surface area contributed by atoms with Crippen molar-refractivity contribution in [3.05, 3.63) is 29.0 Å². The van der Waals surface area contributed by atoms with E-state index in [1.54, 1.807) is 13.2 Å². The van der Waals surface area contributed by atoms with Crippen molar-refractivity contribution in [2.45, 2.75) is 19.0 Å². The molecule has 1 unspecified atom stereocenters. The molecule has 3 rings (SSSR count). The van der Waals surface area contributed by atoms with Gasteiger partial charge in [0.1, 0.15) is 17.7 Å². The van der Waals surface area contributed by atoms with Gasteiger partial charge in [-0.05, 0) is 18.2 Å². The van der Waals surface area contributed by atoms with E-state index in [0.717, 1.165) is 10.9 Å². The normalized spacial score (nSPS) is 17.2. The molecule has 0 spiro atoms. The third kappa shape index (κ3) is 5.31. The van der Waals surface area contributed by atoms with Gasteiger partial charge >= 0.3 is 5.97 Å². The number of hydrogen-bond acceptors (Lipinski definition) is 8. The van der Waals surface area contributed by atoms with Gasteiger partial charge in [-0.3, -0.25) is 14.5 Å². The number of ether oxygens (including phenoxy) is 2. The zero-order valence-electron chi connectivity index (χ0n) is 16.4. The predicted molar refractivity (Wildman–Crippen MR) is 109 cm³/mol. The largest absolute Gasteiger partial charge is 0.469 e. The topological polar surface area (TPSA) is 106 Å². The average Bonchev–Trinajstić information content (AvgIpc) is 2.71. The van der Waals surface area contributed by atoms with Gasteiger partial charge in [0.2, 0.25) is 5.91 Å². The predicted octanol–water partition coefficient (Wildman–Crippen LogP) is 1.21. The van der Waals surface area contributed by atoms with Gasteiger partial charge in [0.25, 0.3) is 0 Å². The standard InChI is InChI=1S/C19H24ClN5O4/c1-28-8-6-21-18-13-9-12(20)3-4-14(13)23-16(24-18)11-25-7-5-22-19(27)15(25)10-17(26)29-2/h3-4,9,15H,5-8,10-11H2,1-2H3,(H,22,27)(H,21,23,24). The zero-order valence-corrected chi connectivity index (χ0v) is 17.2. The minimum Gasteiger partial charge on any atom is -0.469 e. The number of benzene rings is 1. The first kappa shape index (κ1) is 21.2. The third-order valence-electron chi connectivity index (χ3n) is 4.68. The SMILES string of the molecule is COCCNc1nc(CN2CCNC(=O)C2CC(=O)OC)nc2ccc(Cl)cc12. The van der Waals surface area contributed by atoms with Gasteiger partial charge in [-0.25, -0.2) is 9.97 Å². The second-order valence-electron chi connectivity index (χ2n) is 6.63. The number of rotatable bonds is 8. The molecule has 1 aromatic heterocycles. The van der Waals surface area contributed by atoms with E-state index in [0.29, 0.717) is 49.5 Å². The lowest BCUT2D eigenvalue weighted by atomic mass is 10.1. The van der Waals surface area contributed by atoms with Crippen molar-refractivity contribution < 1.29 is 19.1 Å². The van der Waals surface area contributed by atoms with Crippen LogP contribution in [0, 0.1) is 0 Å². The second kappa shape index (κ2) is 9.82. The van der Waals surface area contributed by atoms with Crippen molar-refractivity contribution in [3.8, 4) is 0 Å². The first-order chi connectivity index (χ1) is 14.0. The lowest BCUT2D eigenvalue weighted by molar-refractivity contribution is -0.146. The Morgan fingerprint density at radius 3 is 2.97 bits per heavy atom. The monoisotopic (exact) mass is 421 g/mol. The quantitative estimate of drug-likeness (QED) is 0.484. The number of nitrogens with zero attached hydrogens (tertiary/aromatic N) is 3. The van der Waals surface area contributed by atoms with Gasteiger partial charge in [-0.1, -0.05) is 11.6 Å². The van der Waals surface area contributed by atoms with Crippen LogP contribution in [0.1, 0.15) is 12.2 Å². The van der Waals surface area contributed by atoms with E-state index in [1.807, 2.05) is 17.0 Å². The summed E-state index contributed by atoms with van der Waals surface area (Å²) in [6, 6.07) is 4.79. The fourth-order valence-corrected chi connectivity index (χ4v) is 3.39.